The summed E-state index contributed by atoms with van der Waals surface area (Å²) >= 11 is 0. The van der Waals surface area contributed by atoms with Crippen molar-refractivity contribution in [2.75, 3.05) is 39.4 Å². The first-order valence-corrected chi connectivity index (χ1v) is 9.18. The zero-order chi connectivity index (χ0) is 18.6. The molecule has 3 heterocycles. The highest BCUT2D eigenvalue weighted by atomic mass is 16.5. The Hall–Kier alpha value is -2.77. The number of nitrogens with zero attached hydrogens (tertiary/aromatic N) is 4. The van der Waals surface area contributed by atoms with E-state index in [2.05, 4.69) is 15.3 Å². The van der Waals surface area contributed by atoms with Gasteiger partial charge in [0.2, 0.25) is 0 Å². The molecule has 0 unspecified atom stereocenters. The van der Waals surface area contributed by atoms with E-state index in [0.29, 0.717) is 12.1 Å². The van der Waals surface area contributed by atoms with Crippen LogP contribution in [0.3, 0.4) is 0 Å². The first-order valence-electron chi connectivity index (χ1n) is 9.18. The Morgan fingerprint density at radius 2 is 2.07 bits per heavy atom. The number of carbonyl (C=O) groups is 1. The lowest BCUT2D eigenvalue weighted by atomic mass is 10.0. The van der Waals surface area contributed by atoms with Crippen LogP contribution in [0.15, 0.2) is 42.7 Å². The van der Waals surface area contributed by atoms with Crippen LogP contribution in [0.1, 0.15) is 10.4 Å². The molecular formula is C20H23N5O2. The first-order chi connectivity index (χ1) is 13.2. The highest BCUT2D eigenvalue weighted by Gasteiger charge is 2.15. The Bertz CT molecular complexity index is 946. The van der Waals surface area contributed by atoms with Crippen molar-refractivity contribution in [3.8, 4) is 11.3 Å². The van der Waals surface area contributed by atoms with Crippen molar-refractivity contribution in [1.29, 1.82) is 0 Å². The molecule has 0 atom stereocenters. The van der Waals surface area contributed by atoms with Crippen molar-refractivity contribution in [3.05, 3.63) is 48.3 Å². The maximum atomic E-state index is 12.9. The van der Waals surface area contributed by atoms with Gasteiger partial charge in [-0.1, -0.05) is 18.2 Å². The summed E-state index contributed by atoms with van der Waals surface area (Å²) in [5.41, 5.74) is 3.09. The molecule has 7 heteroatoms. The molecule has 1 saturated heterocycles. The van der Waals surface area contributed by atoms with Crippen molar-refractivity contribution >= 4 is 16.8 Å². The van der Waals surface area contributed by atoms with E-state index < -0.39 is 0 Å². The van der Waals surface area contributed by atoms with Crippen molar-refractivity contribution in [1.82, 2.24) is 25.0 Å². The van der Waals surface area contributed by atoms with Crippen LogP contribution in [0.4, 0.5) is 0 Å². The summed E-state index contributed by atoms with van der Waals surface area (Å²) in [5, 5.41) is 8.12. The lowest BCUT2D eigenvalue weighted by Gasteiger charge is -2.26. The van der Waals surface area contributed by atoms with Crippen LogP contribution < -0.4 is 5.32 Å². The van der Waals surface area contributed by atoms with E-state index in [9.17, 15) is 4.79 Å². The highest BCUT2D eigenvalue weighted by molar-refractivity contribution is 6.07. The number of amides is 1. The summed E-state index contributed by atoms with van der Waals surface area (Å²) in [5.74, 6) is -0.0769. The number of fused-ring (bicyclic) bond motifs is 1. The molecule has 1 aliphatic rings. The molecule has 3 aromatic rings. The number of morpholine rings is 1. The Morgan fingerprint density at radius 3 is 2.85 bits per heavy atom. The van der Waals surface area contributed by atoms with E-state index >= 15 is 0 Å². The van der Waals surface area contributed by atoms with E-state index in [4.69, 9.17) is 9.72 Å². The number of benzene rings is 1. The number of aromatic nitrogens is 3. The van der Waals surface area contributed by atoms with Gasteiger partial charge in [0.15, 0.2) is 0 Å². The van der Waals surface area contributed by atoms with Crippen molar-refractivity contribution < 1.29 is 9.53 Å². The topological polar surface area (TPSA) is 72.3 Å². The number of para-hydroxylation sites is 1. The minimum atomic E-state index is -0.0769. The molecule has 140 valence electrons. The molecule has 0 spiro atoms. The Morgan fingerprint density at radius 1 is 1.26 bits per heavy atom. The average Bonchev–Trinajstić information content (AvgIpc) is 3.14. The maximum Gasteiger partial charge on any atom is 0.252 e. The number of pyridine rings is 1. The maximum absolute atomic E-state index is 12.9. The van der Waals surface area contributed by atoms with Gasteiger partial charge in [-0.25, -0.2) is 4.98 Å². The van der Waals surface area contributed by atoms with Gasteiger partial charge in [0.25, 0.3) is 5.91 Å². The van der Waals surface area contributed by atoms with E-state index in [0.717, 1.165) is 55.0 Å². The summed E-state index contributed by atoms with van der Waals surface area (Å²) in [4.78, 5) is 19.9. The molecule has 1 aliphatic heterocycles. The predicted molar refractivity (Wildman–Crippen MR) is 104 cm³/mol. The van der Waals surface area contributed by atoms with Gasteiger partial charge >= 0.3 is 0 Å². The fraction of sp³-hybridized carbons (Fsp3) is 0.350. The summed E-state index contributed by atoms with van der Waals surface area (Å²) in [6, 6.07) is 9.58. The highest BCUT2D eigenvalue weighted by Crippen LogP contribution is 2.24. The van der Waals surface area contributed by atoms with Crippen LogP contribution in [0.5, 0.6) is 0 Å². The van der Waals surface area contributed by atoms with Crippen LogP contribution in [0.2, 0.25) is 0 Å². The Kier molecular flexibility index (Phi) is 5.13. The van der Waals surface area contributed by atoms with E-state index in [1.54, 1.807) is 10.9 Å². The molecule has 4 rings (SSSR count). The summed E-state index contributed by atoms with van der Waals surface area (Å²) in [6.07, 6.45) is 3.66. The third kappa shape index (κ3) is 3.99. The number of aryl methyl sites for hydroxylation is 1. The molecule has 0 aliphatic carbocycles. The summed E-state index contributed by atoms with van der Waals surface area (Å²) in [7, 11) is 1.86. The van der Waals surface area contributed by atoms with Crippen LogP contribution in [-0.2, 0) is 11.8 Å². The van der Waals surface area contributed by atoms with Crippen molar-refractivity contribution in [3.63, 3.8) is 0 Å². The smallest absolute Gasteiger partial charge is 0.252 e. The molecule has 1 amide bonds. The standard InChI is InChI=1S/C20H23N5O2/c1-24-14-15(13-22-24)19-12-17(16-4-2-3-5-18(16)23-19)20(26)21-6-7-25-8-10-27-11-9-25/h2-5,12-14H,6-11H2,1H3,(H,21,26). The first kappa shape index (κ1) is 17.6. The molecule has 0 radical (unpaired) electrons. The van der Waals surface area contributed by atoms with Crippen molar-refractivity contribution in [2.45, 2.75) is 0 Å². The number of rotatable bonds is 5. The molecule has 0 bridgehead atoms. The van der Waals surface area contributed by atoms with Crippen molar-refractivity contribution in [2.24, 2.45) is 7.05 Å². The SMILES string of the molecule is Cn1cc(-c2cc(C(=O)NCCN3CCOCC3)c3ccccc3n2)cn1. The molecular weight excluding hydrogens is 342 g/mol. The summed E-state index contributed by atoms with van der Waals surface area (Å²) < 4.78 is 7.09. The lowest BCUT2D eigenvalue weighted by Crippen LogP contribution is -2.41. The van der Waals surface area contributed by atoms with E-state index in [1.165, 1.54) is 0 Å². The molecule has 0 saturated carbocycles. The van der Waals surface area contributed by atoms with Crippen LogP contribution in [0, 0.1) is 0 Å². The number of carbonyl (C=O) groups excluding carboxylic acids is 1. The summed E-state index contributed by atoms with van der Waals surface area (Å²) in [6.45, 7) is 4.79. The van der Waals surface area contributed by atoms with Crippen LogP contribution >= 0.6 is 0 Å². The predicted octanol–water partition coefficient (Wildman–Crippen LogP) is 1.70. The van der Waals surface area contributed by atoms with Gasteiger partial charge in [0, 0.05) is 50.4 Å². The van der Waals surface area contributed by atoms with Gasteiger partial charge in [-0.2, -0.15) is 5.10 Å². The number of hydrogen-bond acceptors (Lipinski definition) is 5. The second kappa shape index (κ2) is 7.85. The quantitative estimate of drug-likeness (QED) is 0.745. The second-order valence-electron chi connectivity index (χ2n) is 6.68. The fourth-order valence-electron chi connectivity index (χ4n) is 3.31. The number of nitrogens with one attached hydrogen (secondary N) is 1. The number of ether oxygens (including phenoxy) is 1. The monoisotopic (exact) mass is 365 g/mol. The van der Waals surface area contributed by atoms with Gasteiger partial charge in [-0.15, -0.1) is 0 Å². The van der Waals surface area contributed by atoms with Gasteiger partial charge in [0.05, 0.1) is 36.2 Å². The van der Waals surface area contributed by atoms with Gasteiger partial charge in [0.1, 0.15) is 0 Å². The second-order valence-corrected chi connectivity index (χ2v) is 6.68. The lowest BCUT2D eigenvalue weighted by molar-refractivity contribution is 0.0383. The largest absolute Gasteiger partial charge is 0.379 e. The third-order valence-corrected chi connectivity index (χ3v) is 4.78. The van der Waals surface area contributed by atoms with Gasteiger partial charge in [-0.3, -0.25) is 14.4 Å². The minimum absolute atomic E-state index is 0.0769. The Labute approximate surface area is 157 Å². The van der Waals surface area contributed by atoms with Crippen LogP contribution in [0.25, 0.3) is 22.2 Å². The van der Waals surface area contributed by atoms with Gasteiger partial charge < -0.3 is 10.1 Å². The van der Waals surface area contributed by atoms with E-state index in [1.807, 2.05) is 43.6 Å². The molecule has 2 aromatic heterocycles. The third-order valence-electron chi connectivity index (χ3n) is 4.78. The van der Waals surface area contributed by atoms with E-state index in [-0.39, 0.29) is 5.91 Å². The Balaban J connectivity index is 1.56. The average molecular weight is 365 g/mol. The molecule has 27 heavy (non-hydrogen) atoms. The number of hydrogen-bond donors (Lipinski definition) is 1. The minimum Gasteiger partial charge on any atom is -0.379 e. The molecule has 1 N–H and O–H groups in total. The zero-order valence-corrected chi connectivity index (χ0v) is 15.4. The normalized spacial score (nSPS) is 15.1. The molecule has 1 fully saturated rings. The van der Waals surface area contributed by atoms with Crippen LogP contribution in [-0.4, -0.2) is 65.0 Å². The zero-order valence-electron chi connectivity index (χ0n) is 15.4. The molecule has 7 nitrogen and oxygen atoms in total. The fourth-order valence-corrected chi connectivity index (χ4v) is 3.31. The molecule has 1 aromatic carbocycles. The van der Waals surface area contributed by atoms with Gasteiger partial charge in [-0.05, 0) is 12.1 Å².